The molecule has 0 unspecified atom stereocenters. The van der Waals surface area contributed by atoms with Gasteiger partial charge in [-0.3, -0.25) is 0 Å². The third-order valence-corrected chi connectivity index (χ3v) is 1.71. The van der Waals surface area contributed by atoms with E-state index in [9.17, 15) is 10.1 Å². The van der Waals surface area contributed by atoms with E-state index >= 15 is 0 Å². The van der Waals surface area contributed by atoms with Crippen LogP contribution in [0.3, 0.4) is 0 Å². The zero-order chi connectivity index (χ0) is 9.26. The Labute approximate surface area is 74.0 Å². The van der Waals surface area contributed by atoms with Crippen LogP contribution < -0.4 is 0 Å². The molecule has 0 saturated carbocycles. The maximum Gasteiger partial charge on any atom is 0.364 e. The fraction of sp³-hybridized carbons (Fsp3) is 0. The fourth-order valence-electron chi connectivity index (χ4n) is 1.10. The van der Waals surface area contributed by atoms with Gasteiger partial charge in [0.1, 0.15) is 0 Å². The molecule has 1 aromatic carbocycles. The van der Waals surface area contributed by atoms with Gasteiger partial charge in [-0.15, -0.1) is 0 Å². The monoisotopic (exact) mass is 173 g/mol. The van der Waals surface area contributed by atoms with Gasteiger partial charge in [-0.25, -0.2) is 0 Å². The molecule has 0 spiro atoms. The summed E-state index contributed by atoms with van der Waals surface area (Å²) in [5.41, 5.74) is 0.618. The standard InChI is InChI=1S/C9H5N2O2/c12-11(13)9-6-5-7-3-1-2-4-8(7)10-9/h2-6H. The van der Waals surface area contributed by atoms with Crippen molar-refractivity contribution in [3.8, 4) is 0 Å². The predicted molar refractivity (Wildman–Crippen MR) is 47.2 cm³/mol. The lowest BCUT2D eigenvalue weighted by Crippen LogP contribution is -1.91. The quantitative estimate of drug-likeness (QED) is 0.489. The van der Waals surface area contributed by atoms with Gasteiger partial charge in [0.2, 0.25) is 0 Å². The highest BCUT2D eigenvalue weighted by Crippen LogP contribution is 2.15. The van der Waals surface area contributed by atoms with Gasteiger partial charge in [-0.2, -0.15) is 0 Å². The van der Waals surface area contributed by atoms with E-state index in [4.69, 9.17) is 0 Å². The second kappa shape index (κ2) is 2.82. The van der Waals surface area contributed by atoms with Gasteiger partial charge in [-0.1, -0.05) is 0 Å². The lowest BCUT2D eigenvalue weighted by Gasteiger charge is -1.93. The molecule has 1 heterocycles. The molecule has 2 rings (SSSR count). The van der Waals surface area contributed by atoms with E-state index in [2.05, 4.69) is 11.1 Å². The number of benzene rings is 1. The molecule has 63 valence electrons. The lowest BCUT2D eigenvalue weighted by atomic mass is 10.2. The van der Waals surface area contributed by atoms with Crippen molar-refractivity contribution in [2.45, 2.75) is 0 Å². The number of nitrogens with zero attached hydrogens (tertiary/aromatic N) is 2. The van der Waals surface area contributed by atoms with Crippen LogP contribution in [0.2, 0.25) is 0 Å². The van der Waals surface area contributed by atoms with E-state index < -0.39 is 4.92 Å². The number of pyridine rings is 1. The van der Waals surface area contributed by atoms with Crippen LogP contribution in [-0.4, -0.2) is 9.91 Å². The molecule has 0 aliphatic carbocycles. The Balaban J connectivity index is 2.69. The van der Waals surface area contributed by atoms with E-state index in [0.29, 0.717) is 5.52 Å². The Morgan fingerprint density at radius 3 is 3.00 bits per heavy atom. The Morgan fingerprint density at radius 1 is 1.38 bits per heavy atom. The van der Waals surface area contributed by atoms with Crippen molar-refractivity contribution in [1.82, 2.24) is 4.98 Å². The molecule has 0 aliphatic rings. The number of hydrogen-bond donors (Lipinski definition) is 0. The smallest absolute Gasteiger partial charge is 0.358 e. The van der Waals surface area contributed by atoms with E-state index in [-0.39, 0.29) is 5.82 Å². The van der Waals surface area contributed by atoms with Crippen LogP contribution in [0.1, 0.15) is 0 Å². The SMILES string of the molecule is O=[N+]([O-])c1ccc2c[c]ccc2n1. The average Bonchev–Trinajstić information content (AvgIpc) is 2.17. The summed E-state index contributed by atoms with van der Waals surface area (Å²) in [5, 5.41) is 11.2. The fourth-order valence-corrected chi connectivity index (χ4v) is 1.10. The first-order valence-corrected chi connectivity index (χ1v) is 3.68. The Kier molecular flexibility index (Phi) is 1.66. The molecule has 4 nitrogen and oxygen atoms in total. The molecule has 0 saturated heterocycles. The summed E-state index contributed by atoms with van der Waals surface area (Å²) in [5.74, 6) is -0.126. The topological polar surface area (TPSA) is 56.0 Å². The van der Waals surface area contributed by atoms with Crippen molar-refractivity contribution >= 4 is 16.7 Å². The van der Waals surface area contributed by atoms with E-state index in [0.717, 1.165) is 5.39 Å². The lowest BCUT2D eigenvalue weighted by molar-refractivity contribution is -0.389. The minimum atomic E-state index is -0.504. The third kappa shape index (κ3) is 1.33. The number of aromatic nitrogens is 1. The normalized spacial score (nSPS) is 10.2. The Morgan fingerprint density at radius 2 is 2.23 bits per heavy atom. The number of hydrogen-bond acceptors (Lipinski definition) is 3. The molecule has 0 N–H and O–H groups in total. The summed E-state index contributed by atoms with van der Waals surface area (Å²) in [6.45, 7) is 0. The summed E-state index contributed by atoms with van der Waals surface area (Å²) >= 11 is 0. The van der Waals surface area contributed by atoms with Crippen LogP contribution in [0.15, 0.2) is 30.3 Å². The largest absolute Gasteiger partial charge is 0.364 e. The first kappa shape index (κ1) is 7.67. The van der Waals surface area contributed by atoms with Gasteiger partial charge >= 0.3 is 5.82 Å². The van der Waals surface area contributed by atoms with Crippen molar-refractivity contribution in [3.63, 3.8) is 0 Å². The Bertz CT molecular complexity index is 468. The first-order valence-electron chi connectivity index (χ1n) is 3.68. The summed E-state index contributed by atoms with van der Waals surface area (Å²) in [4.78, 5) is 13.7. The van der Waals surface area contributed by atoms with Gasteiger partial charge < -0.3 is 10.1 Å². The van der Waals surface area contributed by atoms with Crippen LogP contribution >= 0.6 is 0 Å². The molecular formula is C9H5N2O2. The molecule has 4 heteroatoms. The highest BCUT2D eigenvalue weighted by Gasteiger charge is 2.07. The maximum absolute atomic E-state index is 10.4. The highest BCUT2D eigenvalue weighted by atomic mass is 16.6. The van der Waals surface area contributed by atoms with Crippen LogP contribution in [0, 0.1) is 16.2 Å². The van der Waals surface area contributed by atoms with E-state index in [1.807, 2.05) is 0 Å². The molecule has 0 bridgehead atoms. The van der Waals surface area contributed by atoms with Crippen LogP contribution in [0.5, 0.6) is 0 Å². The number of nitro groups is 1. The summed E-state index contributed by atoms with van der Waals surface area (Å²) in [6.07, 6.45) is 0. The number of fused-ring (bicyclic) bond motifs is 1. The van der Waals surface area contributed by atoms with Crippen molar-refractivity contribution in [3.05, 3.63) is 46.5 Å². The Hall–Kier alpha value is -1.97. The number of rotatable bonds is 1. The highest BCUT2D eigenvalue weighted by molar-refractivity contribution is 5.79. The van der Waals surface area contributed by atoms with Crippen LogP contribution in [-0.2, 0) is 0 Å². The third-order valence-electron chi connectivity index (χ3n) is 1.71. The molecule has 0 amide bonds. The van der Waals surface area contributed by atoms with Crippen molar-refractivity contribution in [1.29, 1.82) is 0 Å². The van der Waals surface area contributed by atoms with Gasteiger partial charge in [0.05, 0.1) is 0 Å². The summed E-state index contributed by atoms with van der Waals surface area (Å²) < 4.78 is 0. The van der Waals surface area contributed by atoms with Gasteiger partial charge in [0, 0.05) is 11.5 Å². The first-order chi connectivity index (χ1) is 6.27. The molecule has 1 radical (unpaired) electrons. The molecule has 1 aromatic heterocycles. The molecule has 13 heavy (non-hydrogen) atoms. The minimum Gasteiger partial charge on any atom is -0.358 e. The second-order valence-corrected chi connectivity index (χ2v) is 2.55. The zero-order valence-electron chi connectivity index (χ0n) is 6.60. The van der Waals surface area contributed by atoms with E-state index in [1.54, 1.807) is 24.3 Å². The molecule has 2 aromatic rings. The van der Waals surface area contributed by atoms with E-state index in [1.165, 1.54) is 6.07 Å². The minimum absolute atomic E-state index is 0.126. The molecule has 0 aliphatic heterocycles. The van der Waals surface area contributed by atoms with Crippen LogP contribution in [0.4, 0.5) is 5.82 Å². The molecule has 0 atom stereocenters. The average molecular weight is 173 g/mol. The van der Waals surface area contributed by atoms with Crippen molar-refractivity contribution in [2.75, 3.05) is 0 Å². The van der Waals surface area contributed by atoms with Gasteiger partial charge in [0.15, 0.2) is 5.52 Å². The zero-order valence-corrected chi connectivity index (χ0v) is 6.60. The summed E-state index contributed by atoms with van der Waals surface area (Å²) in [6, 6.07) is 11.0. The van der Waals surface area contributed by atoms with Crippen molar-refractivity contribution in [2.24, 2.45) is 0 Å². The van der Waals surface area contributed by atoms with Gasteiger partial charge in [-0.05, 0) is 40.2 Å². The van der Waals surface area contributed by atoms with Gasteiger partial charge in [0.25, 0.3) is 0 Å². The molecular weight excluding hydrogens is 168 g/mol. The maximum atomic E-state index is 10.4. The predicted octanol–water partition coefficient (Wildman–Crippen LogP) is 1.94. The summed E-state index contributed by atoms with van der Waals surface area (Å²) in [7, 11) is 0. The van der Waals surface area contributed by atoms with Crippen molar-refractivity contribution < 1.29 is 4.92 Å². The second-order valence-electron chi connectivity index (χ2n) is 2.55. The van der Waals surface area contributed by atoms with Crippen LogP contribution in [0.25, 0.3) is 10.9 Å². The molecule has 0 fully saturated rings.